The number of hydrogen-bond donors (Lipinski definition) is 0. The van der Waals surface area contributed by atoms with E-state index in [2.05, 4.69) is 106 Å². The van der Waals surface area contributed by atoms with Crippen molar-refractivity contribution in [2.24, 2.45) is 0 Å². The Hall–Kier alpha value is -4.30. The summed E-state index contributed by atoms with van der Waals surface area (Å²) in [5.74, 6) is 0. The molecule has 32 heavy (non-hydrogen) atoms. The third-order valence-corrected chi connectivity index (χ3v) is 7.55. The summed E-state index contributed by atoms with van der Waals surface area (Å²) in [7, 11) is 0. The monoisotopic (exact) mass is 404 g/mol. The lowest BCUT2D eigenvalue weighted by Gasteiger charge is -2.02. The molecule has 4 heterocycles. The maximum absolute atomic E-state index is 2.52. The van der Waals surface area contributed by atoms with Gasteiger partial charge in [-0.1, -0.05) is 72.8 Å². The van der Waals surface area contributed by atoms with E-state index in [0.29, 0.717) is 0 Å². The van der Waals surface area contributed by atoms with Crippen LogP contribution in [0.5, 0.6) is 0 Å². The number of hydrogen-bond acceptors (Lipinski definition) is 0. The normalized spacial score (nSPS) is 13.0. The zero-order chi connectivity index (χ0) is 20.6. The van der Waals surface area contributed by atoms with Crippen molar-refractivity contribution in [1.29, 1.82) is 0 Å². The van der Waals surface area contributed by atoms with E-state index >= 15 is 0 Å². The number of nitrogens with zero attached hydrogens (tertiary/aromatic N) is 2. The van der Waals surface area contributed by atoms with Crippen LogP contribution in [0.2, 0.25) is 0 Å². The van der Waals surface area contributed by atoms with E-state index in [4.69, 9.17) is 0 Å². The molecule has 0 unspecified atom stereocenters. The van der Waals surface area contributed by atoms with Crippen molar-refractivity contribution in [2.45, 2.75) is 0 Å². The van der Waals surface area contributed by atoms with Gasteiger partial charge in [-0.3, -0.25) is 0 Å². The molecule has 4 aromatic heterocycles. The molecular weight excluding hydrogens is 388 g/mol. The topological polar surface area (TPSA) is 8.82 Å². The van der Waals surface area contributed by atoms with Crippen molar-refractivity contribution in [2.75, 3.05) is 0 Å². The molecule has 0 saturated carbocycles. The van der Waals surface area contributed by atoms with E-state index in [1.807, 2.05) is 0 Å². The molecule has 146 valence electrons. The Morgan fingerprint density at radius 1 is 0.344 bits per heavy atom. The summed E-state index contributed by atoms with van der Waals surface area (Å²) in [5, 5.41) is 10.7. The summed E-state index contributed by atoms with van der Waals surface area (Å²) in [6.07, 6.45) is 0. The van der Waals surface area contributed by atoms with Crippen LogP contribution in [-0.4, -0.2) is 8.80 Å². The van der Waals surface area contributed by atoms with Crippen LogP contribution in [0.25, 0.3) is 76.2 Å². The second-order valence-corrected chi connectivity index (χ2v) is 8.97. The Kier molecular flexibility index (Phi) is 2.40. The standard InChI is InChI=1S/C30H16N2/c1-5-14-25-17(8-1)19-11-7-12-20-23-16-22-18-9-2-4-13-24(18)31-26-15-6-3-10-21(26)27(29(22)31)30(23)32(25)28(19)20/h1-16H. The quantitative estimate of drug-likeness (QED) is 0.242. The first-order chi connectivity index (χ1) is 15.9. The number of rotatable bonds is 0. The zero-order valence-electron chi connectivity index (χ0n) is 17.1. The molecule has 0 N–H and O–H groups in total. The van der Waals surface area contributed by atoms with Crippen LogP contribution in [0.15, 0.2) is 97.1 Å². The van der Waals surface area contributed by atoms with Crippen molar-refractivity contribution in [1.82, 2.24) is 8.80 Å². The molecule has 0 bridgehead atoms. The van der Waals surface area contributed by atoms with Gasteiger partial charge >= 0.3 is 0 Å². The van der Waals surface area contributed by atoms with Crippen LogP contribution in [0, 0.1) is 0 Å². The van der Waals surface area contributed by atoms with Crippen LogP contribution in [0.1, 0.15) is 0 Å². The molecule has 2 heteroatoms. The van der Waals surface area contributed by atoms with Crippen LogP contribution in [-0.2, 0) is 0 Å². The number of aromatic nitrogens is 2. The summed E-state index contributed by atoms with van der Waals surface area (Å²) >= 11 is 0. The van der Waals surface area contributed by atoms with E-state index in [1.54, 1.807) is 0 Å². The number of benzene rings is 5. The van der Waals surface area contributed by atoms with Crippen LogP contribution < -0.4 is 0 Å². The molecule has 0 aliphatic carbocycles. The second kappa shape index (κ2) is 4.95. The van der Waals surface area contributed by atoms with Gasteiger partial charge in [0, 0.05) is 43.1 Å². The molecular formula is C30H16N2. The molecule has 0 aliphatic rings. The average molecular weight is 404 g/mol. The van der Waals surface area contributed by atoms with Crippen molar-refractivity contribution >= 4 is 76.2 Å². The largest absolute Gasteiger partial charge is 0.308 e. The molecule has 0 aliphatic heterocycles. The van der Waals surface area contributed by atoms with E-state index in [9.17, 15) is 0 Å². The van der Waals surface area contributed by atoms with Gasteiger partial charge in [0.15, 0.2) is 0 Å². The van der Waals surface area contributed by atoms with E-state index in [1.165, 1.54) is 76.2 Å². The highest BCUT2D eigenvalue weighted by molar-refractivity contribution is 6.36. The lowest BCUT2D eigenvalue weighted by atomic mass is 10.0. The van der Waals surface area contributed by atoms with Gasteiger partial charge < -0.3 is 8.80 Å². The van der Waals surface area contributed by atoms with Gasteiger partial charge in [0.05, 0.1) is 33.1 Å². The second-order valence-electron chi connectivity index (χ2n) is 8.97. The van der Waals surface area contributed by atoms with Crippen LogP contribution in [0.3, 0.4) is 0 Å². The average Bonchev–Trinajstić information content (AvgIpc) is 3.56. The van der Waals surface area contributed by atoms with Gasteiger partial charge in [-0.2, -0.15) is 0 Å². The predicted octanol–water partition coefficient (Wildman–Crippen LogP) is 7.99. The summed E-state index contributed by atoms with van der Waals surface area (Å²) in [5.41, 5.74) is 7.87. The SMILES string of the molecule is c1ccc2c(c1)c1cc3c4cccc5c6ccccc6n(c54)c3c3c4ccccc4n2c13. The van der Waals surface area contributed by atoms with E-state index in [0.717, 1.165) is 0 Å². The Labute approximate surface area is 182 Å². The molecule has 0 atom stereocenters. The lowest BCUT2D eigenvalue weighted by Crippen LogP contribution is -1.82. The molecule has 9 rings (SSSR count). The van der Waals surface area contributed by atoms with Gasteiger partial charge in [0.1, 0.15) is 0 Å². The van der Waals surface area contributed by atoms with Gasteiger partial charge in [0.25, 0.3) is 0 Å². The summed E-state index contributed by atoms with van der Waals surface area (Å²) in [6, 6.07) is 35.8. The zero-order valence-corrected chi connectivity index (χ0v) is 17.1. The molecule has 0 spiro atoms. The van der Waals surface area contributed by atoms with E-state index in [-0.39, 0.29) is 0 Å². The molecule has 0 radical (unpaired) electrons. The van der Waals surface area contributed by atoms with Crippen molar-refractivity contribution < 1.29 is 0 Å². The Morgan fingerprint density at radius 2 is 0.812 bits per heavy atom. The minimum atomic E-state index is 1.28. The number of fused-ring (bicyclic) bond motifs is 13. The van der Waals surface area contributed by atoms with Crippen molar-refractivity contribution in [3.63, 3.8) is 0 Å². The summed E-state index contributed by atoms with van der Waals surface area (Å²) in [4.78, 5) is 0. The Balaban J connectivity index is 1.77. The predicted molar refractivity (Wildman–Crippen MR) is 136 cm³/mol. The van der Waals surface area contributed by atoms with E-state index < -0.39 is 0 Å². The molecule has 0 saturated heterocycles. The fraction of sp³-hybridized carbons (Fsp3) is 0. The molecule has 9 aromatic rings. The Bertz CT molecular complexity index is 2190. The fourth-order valence-corrected chi connectivity index (χ4v) is 6.41. The van der Waals surface area contributed by atoms with Gasteiger partial charge in [-0.25, -0.2) is 0 Å². The van der Waals surface area contributed by atoms with Gasteiger partial charge in [-0.05, 0) is 24.3 Å². The highest BCUT2D eigenvalue weighted by atomic mass is 14.9. The third kappa shape index (κ3) is 1.49. The lowest BCUT2D eigenvalue weighted by molar-refractivity contribution is 1.36. The fourth-order valence-electron chi connectivity index (χ4n) is 6.41. The minimum absolute atomic E-state index is 1.28. The first-order valence-electron chi connectivity index (χ1n) is 11.1. The third-order valence-electron chi connectivity index (χ3n) is 7.55. The summed E-state index contributed by atoms with van der Waals surface area (Å²) in [6.45, 7) is 0. The smallest absolute Gasteiger partial charge is 0.0642 e. The first-order valence-corrected chi connectivity index (χ1v) is 11.1. The summed E-state index contributed by atoms with van der Waals surface area (Å²) < 4.78 is 5.00. The van der Waals surface area contributed by atoms with Gasteiger partial charge in [0.2, 0.25) is 0 Å². The Morgan fingerprint density at radius 3 is 1.56 bits per heavy atom. The molecule has 2 nitrogen and oxygen atoms in total. The molecule has 5 aromatic carbocycles. The van der Waals surface area contributed by atoms with Crippen molar-refractivity contribution in [3.05, 3.63) is 97.1 Å². The maximum atomic E-state index is 2.52. The molecule has 0 fully saturated rings. The molecule has 0 amide bonds. The highest BCUT2D eigenvalue weighted by Gasteiger charge is 2.24. The highest BCUT2D eigenvalue weighted by Crippen LogP contribution is 2.47. The van der Waals surface area contributed by atoms with Gasteiger partial charge in [-0.15, -0.1) is 0 Å². The maximum Gasteiger partial charge on any atom is 0.0642 e. The van der Waals surface area contributed by atoms with Crippen molar-refractivity contribution in [3.8, 4) is 0 Å². The van der Waals surface area contributed by atoms with Crippen LogP contribution >= 0.6 is 0 Å². The minimum Gasteiger partial charge on any atom is -0.308 e. The van der Waals surface area contributed by atoms with Crippen LogP contribution in [0.4, 0.5) is 0 Å². The first kappa shape index (κ1) is 15.5. The number of para-hydroxylation sites is 4.